The van der Waals surface area contributed by atoms with Crippen LogP contribution in [0.1, 0.15) is 17.4 Å². The van der Waals surface area contributed by atoms with Crippen LogP contribution in [-0.4, -0.2) is 48.2 Å². The van der Waals surface area contributed by atoms with Gasteiger partial charge in [0.2, 0.25) is 10.0 Å². The zero-order valence-corrected chi connectivity index (χ0v) is 18.7. The van der Waals surface area contributed by atoms with Crippen LogP contribution in [0.2, 0.25) is 5.02 Å². The highest BCUT2D eigenvalue weighted by Gasteiger charge is 2.25. The fourth-order valence-corrected chi connectivity index (χ4v) is 3.26. The van der Waals surface area contributed by atoms with Gasteiger partial charge in [0.1, 0.15) is 12.8 Å². The number of aromatic nitrogens is 1. The number of carbonyl (C=O) groups is 1. The van der Waals surface area contributed by atoms with E-state index < -0.39 is 39.6 Å². The molecule has 0 aliphatic rings. The lowest BCUT2D eigenvalue weighted by molar-refractivity contribution is -0.121. The summed E-state index contributed by atoms with van der Waals surface area (Å²) < 4.78 is 38.0. The van der Waals surface area contributed by atoms with Gasteiger partial charge in [-0.3, -0.25) is 9.78 Å². The molecule has 0 fully saturated rings. The normalized spacial score (nSPS) is 13.8. The number of aliphatic hydroxyl groups is 1. The Morgan fingerprint density at radius 1 is 1.23 bits per heavy atom. The molecule has 0 spiro atoms. The number of aliphatic hydroxyl groups excluding tert-OH is 1. The topological polar surface area (TPSA) is 108 Å². The van der Waals surface area contributed by atoms with E-state index in [4.69, 9.17) is 34.8 Å². The van der Waals surface area contributed by atoms with E-state index in [0.29, 0.717) is 22.4 Å². The number of nitrogens with zero attached hydrogens (tertiary/aromatic N) is 1. The van der Waals surface area contributed by atoms with Crippen LogP contribution in [0, 0.1) is 0 Å². The number of hydrogen-bond acceptors (Lipinski definition) is 5. The fraction of sp³-hybridized carbons (Fsp3) is 0.333. The number of hydrogen-bond donors (Lipinski definition) is 3. The van der Waals surface area contributed by atoms with Crippen LogP contribution in [0.25, 0.3) is 11.1 Å². The summed E-state index contributed by atoms with van der Waals surface area (Å²) in [5.41, 5.74) is 2.11. The van der Waals surface area contributed by atoms with E-state index >= 15 is 0 Å². The molecule has 3 N–H and O–H groups in total. The Morgan fingerprint density at radius 2 is 1.87 bits per heavy atom. The monoisotopic (exact) mass is 497 g/mol. The SMILES string of the molecule is CS(=O)(=O)NCc1ncc(-c2ccc([C@H](O)[C@@H](CF)NC(=O)C(Cl)Cl)cc2)cc1Cl. The van der Waals surface area contributed by atoms with Gasteiger partial charge in [-0.25, -0.2) is 17.5 Å². The number of benzene rings is 1. The molecule has 0 aliphatic carbocycles. The van der Waals surface area contributed by atoms with Gasteiger partial charge in [-0.15, -0.1) is 0 Å². The van der Waals surface area contributed by atoms with Gasteiger partial charge in [0.25, 0.3) is 5.91 Å². The van der Waals surface area contributed by atoms with Crippen molar-refractivity contribution in [1.29, 1.82) is 0 Å². The lowest BCUT2D eigenvalue weighted by Gasteiger charge is -2.22. The summed E-state index contributed by atoms with van der Waals surface area (Å²) in [6.07, 6.45) is 1.25. The summed E-state index contributed by atoms with van der Waals surface area (Å²) in [5.74, 6) is -0.803. The Morgan fingerprint density at radius 3 is 2.37 bits per heavy atom. The highest BCUT2D eigenvalue weighted by atomic mass is 35.5. The summed E-state index contributed by atoms with van der Waals surface area (Å²) in [6, 6.07) is 6.90. The van der Waals surface area contributed by atoms with Crippen LogP contribution in [0.15, 0.2) is 36.5 Å². The number of amides is 1. The van der Waals surface area contributed by atoms with Gasteiger partial charge in [0, 0.05) is 11.8 Å². The number of alkyl halides is 3. The first-order chi connectivity index (χ1) is 14.0. The molecule has 1 aromatic carbocycles. The zero-order valence-electron chi connectivity index (χ0n) is 15.6. The maximum Gasteiger partial charge on any atom is 0.253 e. The van der Waals surface area contributed by atoms with Crippen LogP contribution in [-0.2, 0) is 21.4 Å². The van der Waals surface area contributed by atoms with Crippen LogP contribution in [0.3, 0.4) is 0 Å². The van der Waals surface area contributed by atoms with Crippen molar-refractivity contribution < 1.29 is 22.7 Å². The van der Waals surface area contributed by atoms with E-state index in [1.807, 2.05) is 0 Å². The Hall–Kier alpha value is -1.49. The molecule has 0 bridgehead atoms. The third-order valence-electron chi connectivity index (χ3n) is 4.08. The molecule has 12 heteroatoms. The molecule has 1 aromatic heterocycles. The van der Waals surface area contributed by atoms with Crippen LogP contribution in [0.4, 0.5) is 4.39 Å². The number of carbonyl (C=O) groups excluding carboxylic acids is 1. The summed E-state index contributed by atoms with van der Waals surface area (Å²) in [5, 5.41) is 12.9. The summed E-state index contributed by atoms with van der Waals surface area (Å²) in [6.45, 7) is -1.05. The number of pyridine rings is 1. The van der Waals surface area contributed by atoms with Crippen molar-refractivity contribution in [3.63, 3.8) is 0 Å². The highest BCUT2D eigenvalue weighted by molar-refractivity contribution is 7.88. The second kappa shape index (κ2) is 10.7. The van der Waals surface area contributed by atoms with E-state index in [2.05, 4.69) is 15.0 Å². The Kier molecular flexibility index (Phi) is 8.84. The first-order valence-corrected chi connectivity index (χ1v) is 11.7. The van der Waals surface area contributed by atoms with E-state index in [1.165, 1.54) is 6.20 Å². The molecule has 1 heterocycles. The van der Waals surface area contributed by atoms with E-state index in [-0.39, 0.29) is 11.6 Å². The Balaban J connectivity index is 2.14. The summed E-state index contributed by atoms with van der Waals surface area (Å²) in [7, 11) is -3.38. The third kappa shape index (κ3) is 7.04. The molecule has 0 saturated heterocycles. The lowest BCUT2D eigenvalue weighted by Crippen LogP contribution is -2.43. The minimum atomic E-state index is -3.38. The smallest absolute Gasteiger partial charge is 0.253 e. The minimum Gasteiger partial charge on any atom is -0.386 e. The van der Waals surface area contributed by atoms with Crippen LogP contribution >= 0.6 is 34.8 Å². The van der Waals surface area contributed by atoms with Gasteiger partial charge in [0.15, 0.2) is 4.84 Å². The molecular formula is C18H19Cl3FN3O4S. The van der Waals surface area contributed by atoms with E-state index in [1.54, 1.807) is 30.3 Å². The average molecular weight is 499 g/mol. The molecule has 0 saturated carbocycles. The van der Waals surface area contributed by atoms with Gasteiger partial charge >= 0.3 is 0 Å². The van der Waals surface area contributed by atoms with Crippen molar-refractivity contribution in [2.24, 2.45) is 0 Å². The maximum absolute atomic E-state index is 13.3. The van der Waals surface area contributed by atoms with E-state index in [9.17, 15) is 22.7 Å². The first-order valence-electron chi connectivity index (χ1n) is 8.53. The van der Waals surface area contributed by atoms with E-state index in [0.717, 1.165) is 6.26 Å². The van der Waals surface area contributed by atoms with Gasteiger partial charge < -0.3 is 10.4 Å². The van der Waals surface area contributed by atoms with Crippen molar-refractivity contribution in [2.45, 2.75) is 23.5 Å². The molecule has 2 atom stereocenters. The summed E-state index contributed by atoms with van der Waals surface area (Å²) in [4.78, 5) is 14.3. The third-order valence-corrected chi connectivity index (χ3v) is 5.47. The largest absolute Gasteiger partial charge is 0.386 e. The molecule has 0 aliphatic heterocycles. The maximum atomic E-state index is 13.3. The standard InChI is InChI=1S/C18H19Cl3FN3O4S/c1-30(28,29)24-9-15-13(19)6-12(8-23-15)10-2-4-11(5-3-10)16(26)14(7-22)25-18(27)17(20)21/h2-6,8,14,16-17,24,26H,7,9H2,1H3,(H,25,27)/t14-,16+/m1/s1. The number of sulfonamides is 1. The first kappa shape index (κ1) is 24.8. The Labute approximate surface area is 188 Å². The fourth-order valence-electron chi connectivity index (χ4n) is 2.51. The molecule has 2 aromatic rings. The lowest BCUT2D eigenvalue weighted by atomic mass is 9.99. The van der Waals surface area contributed by atoms with Gasteiger partial charge in [-0.1, -0.05) is 59.1 Å². The quantitative estimate of drug-likeness (QED) is 0.461. The van der Waals surface area contributed by atoms with Crippen molar-refractivity contribution in [2.75, 3.05) is 12.9 Å². The van der Waals surface area contributed by atoms with Gasteiger partial charge in [-0.2, -0.15) is 0 Å². The van der Waals surface area contributed by atoms with Crippen molar-refractivity contribution in [1.82, 2.24) is 15.0 Å². The van der Waals surface area contributed by atoms with Crippen molar-refractivity contribution in [3.05, 3.63) is 52.8 Å². The zero-order chi connectivity index (χ0) is 22.5. The van der Waals surface area contributed by atoms with Crippen LogP contribution in [0.5, 0.6) is 0 Å². The molecular weight excluding hydrogens is 480 g/mol. The molecule has 7 nitrogen and oxygen atoms in total. The number of rotatable bonds is 9. The predicted octanol–water partition coefficient (Wildman–Crippen LogP) is 2.74. The molecule has 2 rings (SSSR count). The Bertz CT molecular complexity index is 991. The molecule has 30 heavy (non-hydrogen) atoms. The number of halogens is 4. The number of nitrogens with one attached hydrogen (secondary N) is 2. The molecule has 0 unspecified atom stereocenters. The molecule has 0 radical (unpaired) electrons. The van der Waals surface area contributed by atoms with Crippen molar-refractivity contribution >= 4 is 50.7 Å². The van der Waals surface area contributed by atoms with Gasteiger partial charge in [0.05, 0.1) is 29.6 Å². The molecule has 1 amide bonds. The van der Waals surface area contributed by atoms with Crippen LogP contribution < -0.4 is 10.0 Å². The predicted molar refractivity (Wildman–Crippen MR) is 115 cm³/mol. The summed E-state index contributed by atoms with van der Waals surface area (Å²) >= 11 is 17.0. The van der Waals surface area contributed by atoms with Gasteiger partial charge in [-0.05, 0) is 17.2 Å². The highest BCUT2D eigenvalue weighted by Crippen LogP contribution is 2.26. The second-order valence-electron chi connectivity index (χ2n) is 6.38. The van der Waals surface area contributed by atoms with Crippen molar-refractivity contribution in [3.8, 4) is 11.1 Å². The minimum absolute atomic E-state index is 0.0368. The molecule has 164 valence electrons. The average Bonchev–Trinajstić information content (AvgIpc) is 2.69. The second-order valence-corrected chi connectivity index (χ2v) is 9.72.